The van der Waals surface area contributed by atoms with Gasteiger partial charge in [-0.15, -0.1) is 0 Å². The first-order valence-electron chi connectivity index (χ1n) is 7.22. The Labute approximate surface area is 116 Å². The number of ether oxygens (including phenoxy) is 1. The number of aliphatic carboxylic acids is 1. The third-order valence-corrected chi connectivity index (χ3v) is 4.33. The summed E-state index contributed by atoms with van der Waals surface area (Å²) in [4.78, 5) is 11.2. The Kier molecular flexibility index (Phi) is 5.39. The van der Waals surface area contributed by atoms with Crippen molar-refractivity contribution >= 4 is 5.97 Å². The van der Waals surface area contributed by atoms with Gasteiger partial charge in [0.25, 0.3) is 0 Å². The largest absolute Gasteiger partial charge is 0.480 e. The van der Waals surface area contributed by atoms with Gasteiger partial charge >= 0.3 is 5.97 Å². The fraction of sp³-hybridized carbons (Fsp3) is 0.933. The summed E-state index contributed by atoms with van der Waals surface area (Å²) in [5.74, 6) is -0.139. The molecule has 0 aromatic carbocycles. The SMILES string of the molecule is CNC(C)(CCOC1CC(C)CC(C)(C)C1)C(=O)O. The van der Waals surface area contributed by atoms with Gasteiger partial charge < -0.3 is 15.2 Å². The molecule has 0 spiro atoms. The van der Waals surface area contributed by atoms with Crippen molar-refractivity contribution in [1.82, 2.24) is 5.32 Å². The number of hydrogen-bond acceptors (Lipinski definition) is 3. The smallest absolute Gasteiger partial charge is 0.323 e. The molecular formula is C15H29NO3. The molecule has 0 aliphatic heterocycles. The quantitative estimate of drug-likeness (QED) is 0.780. The molecule has 1 rings (SSSR count). The van der Waals surface area contributed by atoms with E-state index in [-0.39, 0.29) is 6.10 Å². The molecule has 2 N–H and O–H groups in total. The fourth-order valence-corrected chi connectivity index (χ4v) is 3.15. The van der Waals surface area contributed by atoms with Crippen molar-refractivity contribution in [3.05, 3.63) is 0 Å². The van der Waals surface area contributed by atoms with E-state index >= 15 is 0 Å². The molecule has 1 saturated carbocycles. The molecule has 4 heteroatoms. The molecule has 0 bridgehead atoms. The second-order valence-electron chi connectivity index (χ2n) is 7.04. The summed E-state index contributed by atoms with van der Waals surface area (Å²) in [5, 5.41) is 12.0. The van der Waals surface area contributed by atoms with Gasteiger partial charge in [0.05, 0.1) is 6.10 Å². The maximum Gasteiger partial charge on any atom is 0.323 e. The van der Waals surface area contributed by atoms with E-state index in [4.69, 9.17) is 4.74 Å². The van der Waals surface area contributed by atoms with Gasteiger partial charge in [0, 0.05) is 6.61 Å². The molecule has 0 saturated heterocycles. The predicted molar refractivity (Wildman–Crippen MR) is 76.3 cm³/mol. The monoisotopic (exact) mass is 271 g/mol. The second-order valence-corrected chi connectivity index (χ2v) is 7.04. The van der Waals surface area contributed by atoms with Crippen LogP contribution in [-0.4, -0.2) is 36.4 Å². The molecule has 3 unspecified atom stereocenters. The standard InChI is InChI=1S/C15H29NO3/c1-11-8-12(10-14(2,3)9-11)19-7-6-15(4,16-5)13(17)18/h11-12,16H,6-10H2,1-5H3,(H,17,18). The van der Waals surface area contributed by atoms with Crippen LogP contribution in [0.2, 0.25) is 0 Å². The third kappa shape index (κ3) is 4.77. The Morgan fingerprint density at radius 1 is 1.47 bits per heavy atom. The fourth-order valence-electron chi connectivity index (χ4n) is 3.15. The molecule has 19 heavy (non-hydrogen) atoms. The maximum absolute atomic E-state index is 11.2. The molecule has 3 atom stereocenters. The number of likely N-dealkylation sites (N-methyl/N-ethyl adjacent to an activating group) is 1. The lowest BCUT2D eigenvalue weighted by molar-refractivity contribution is -0.145. The molecule has 0 aromatic rings. The lowest BCUT2D eigenvalue weighted by Crippen LogP contribution is -2.48. The highest BCUT2D eigenvalue weighted by atomic mass is 16.5. The van der Waals surface area contributed by atoms with Crippen LogP contribution in [0.5, 0.6) is 0 Å². The number of nitrogens with one attached hydrogen (secondary N) is 1. The van der Waals surface area contributed by atoms with Gasteiger partial charge in [-0.3, -0.25) is 4.79 Å². The third-order valence-electron chi connectivity index (χ3n) is 4.33. The molecule has 4 nitrogen and oxygen atoms in total. The van der Waals surface area contributed by atoms with Gasteiger partial charge in [0.2, 0.25) is 0 Å². The Balaban J connectivity index is 2.42. The molecule has 0 aromatic heterocycles. The topological polar surface area (TPSA) is 58.6 Å². The highest BCUT2D eigenvalue weighted by Gasteiger charge is 2.34. The summed E-state index contributed by atoms with van der Waals surface area (Å²) in [6.45, 7) is 9.04. The minimum atomic E-state index is -0.893. The van der Waals surface area contributed by atoms with Crippen molar-refractivity contribution < 1.29 is 14.6 Å². The Morgan fingerprint density at radius 3 is 2.58 bits per heavy atom. The van der Waals surface area contributed by atoms with Crippen LogP contribution in [-0.2, 0) is 9.53 Å². The summed E-state index contributed by atoms with van der Waals surface area (Å²) in [6.07, 6.45) is 4.17. The summed E-state index contributed by atoms with van der Waals surface area (Å²) in [6, 6.07) is 0. The van der Waals surface area contributed by atoms with Crippen LogP contribution in [0.3, 0.4) is 0 Å². The van der Waals surface area contributed by atoms with Gasteiger partial charge in [-0.25, -0.2) is 0 Å². The normalized spacial score (nSPS) is 29.7. The number of rotatable bonds is 6. The zero-order chi connectivity index (χ0) is 14.7. The highest BCUT2D eigenvalue weighted by Crippen LogP contribution is 2.39. The molecule has 0 amide bonds. The van der Waals surface area contributed by atoms with E-state index in [1.807, 2.05) is 0 Å². The first-order chi connectivity index (χ1) is 8.68. The predicted octanol–water partition coefficient (Wildman–Crippen LogP) is 2.67. The van der Waals surface area contributed by atoms with E-state index in [0.29, 0.717) is 24.4 Å². The van der Waals surface area contributed by atoms with E-state index in [1.54, 1.807) is 14.0 Å². The molecule has 112 valence electrons. The van der Waals surface area contributed by atoms with Crippen LogP contribution in [0.25, 0.3) is 0 Å². The molecule has 0 heterocycles. The lowest BCUT2D eigenvalue weighted by Gasteiger charge is -2.39. The highest BCUT2D eigenvalue weighted by molar-refractivity contribution is 5.78. The number of hydrogen-bond donors (Lipinski definition) is 2. The molecule has 1 aliphatic rings. The van der Waals surface area contributed by atoms with Crippen LogP contribution in [0, 0.1) is 11.3 Å². The average Bonchev–Trinajstić information content (AvgIpc) is 2.25. The van der Waals surface area contributed by atoms with Crippen molar-refractivity contribution in [2.75, 3.05) is 13.7 Å². The summed E-state index contributed by atoms with van der Waals surface area (Å²) < 4.78 is 5.93. The van der Waals surface area contributed by atoms with E-state index < -0.39 is 11.5 Å². The minimum Gasteiger partial charge on any atom is -0.480 e. The van der Waals surface area contributed by atoms with E-state index in [9.17, 15) is 9.90 Å². The van der Waals surface area contributed by atoms with Crippen molar-refractivity contribution in [3.8, 4) is 0 Å². The van der Waals surface area contributed by atoms with Crippen LogP contribution in [0.1, 0.15) is 53.4 Å². The second kappa shape index (κ2) is 6.23. The van der Waals surface area contributed by atoms with Crippen molar-refractivity contribution in [2.45, 2.75) is 65.0 Å². The van der Waals surface area contributed by atoms with Crippen molar-refractivity contribution in [2.24, 2.45) is 11.3 Å². The molecular weight excluding hydrogens is 242 g/mol. The first-order valence-corrected chi connectivity index (χ1v) is 7.22. The summed E-state index contributed by atoms with van der Waals surface area (Å²) in [5.41, 5.74) is -0.558. The average molecular weight is 271 g/mol. The van der Waals surface area contributed by atoms with Crippen LogP contribution in [0.4, 0.5) is 0 Å². The molecule has 0 radical (unpaired) electrons. The van der Waals surface area contributed by atoms with Gasteiger partial charge in [0.1, 0.15) is 5.54 Å². The Bertz CT molecular complexity index is 317. The lowest BCUT2D eigenvalue weighted by atomic mass is 9.71. The van der Waals surface area contributed by atoms with Crippen LogP contribution < -0.4 is 5.32 Å². The zero-order valence-corrected chi connectivity index (χ0v) is 13.0. The minimum absolute atomic E-state index is 0.272. The van der Waals surface area contributed by atoms with Gasteiger partial charge in [-0.2, -0.15) is 0 Å². The maximum atomic E-state index is 11.2. The van der Waals surface area contributed by atoms with Crippen LogP contribution >= 0.6 is 0 Å². The summed E-state index contributed by atoms with van der Waals surface area (Å²) in [7, 11) is 1.68. The number of carboxylic acid groups (broad SMARTS) is 1. The van der Waals surface area contributed by atoms with E-state index in [0.717, 1.165) is 12.8 Å². The summed E-state index contributed by atoms with van der Waals surface area (Å²) >= 11 is 0. The molecule has 1 fully saturated rings. The Morgan fingerprint density at radius 2 is 2.11 bits per heavy atom. The number of carboxylic acids is 1. The Hall–Kier alpha value is -0.610. The molecule has 1 aliphatic carbocycles. The van der Waals surface area contributed by atoms with E-state index in [2.05, 4.69) is 26.1 Å². The van der Waals surface area contributed by atoms with Crippen molar-refractivity contribution in [1.29, 1.82) is 0 Å². The van der Waals surface area contributed by atoms with Crippen LogP contribution in [0.15, 0.2) is 0 Å². The first kappa shape index (κ1) is 16.4. The van der Waals surface area contributed by atoms with Gasteiger partial charge in [-0.05, 0) is 51.0 Å². The van der Waals surface area contributed by atoms with Crippen molar-refractivity contribution in [3.63, 3.8) is 0 Å². The zero-order valence-electron chi connectivity index (χ0n) is 13.0. The van der Waals surface area contributed by atoms with E-state index in [1.165, 1.54) is 6.42 Å². The van der Waals surface area contributed by atoms with Gasteiger partial charge in [0.15, 0.2) is 0 Å². The number of carbonyl (C=O) groups is 1. The van der Waals surface area contributed by atoms with Gasteiger partial charge in [-0.1, -0.05) is 20.8 Å².